The number of benzene rings is 1. The third kappa shape index (κ3) is 1.38. The summed E-state index contributed by atoms with van der Waals surface area (Å²) in [6.07, 6.45) is 2.58. The van der Waals surface area contributed by atoms with E-state index in [2.05, 4.69) is 23.7 Å². The van der Waals surface area contributed by atoms with Gasteiger partial charge in [-0.25, -0.2) is 0 Å². The van der Waals surface area contributed by atoms with Crippen molar-refractivity contribution >= 4 is 22.5 Å². The first-order chi connectivity index (χ1) is 8.20. The van der Waals surface area contributed by atoms with Gasteiger partial charge in [-0.15, -0.1) is 0 Å². The van der Waals surface area contributed by atoms with Crippen LogP contribution in [-0.4, -0.2) is 17.5 Å². The molecule has 0 radical (unpaired) electrons. The van der Waals surface area contributed by atoms with Gasteiger partial charge in [-0.05, 0) is 18.9 Å². The summed E-state index contributed by atoms with van der Waals surface area (Å²) in [4.78, 5) is 13.8. The fraction of sp³-hybridized carbons (Fsp3) is 0.357. The van der Waals surface area contributed by atoms with E-state index in [1.165, 1.54) is 16.6 Å². The Morgan fingerprint density at radius 1 is 1.12 bits per heavy atom. The van der Waals surface area contributed by atoms with Gasteiger partial charge < -0.3 is 9.47 Å². The van der Waals surface area contributed by atoms with Crippen molar-refractivity contribution in [2.45, 2.75) is 19.3 Å². The Kier molecular flexibility index (Phi) is 2.21. The third-order valence-electron chi connectivity index (χ3n) is 3.71. The molecule has 0 saturated carbocycles. The second-order valence-electron chi connectivity index (χ2n) is 4.68. The van der Waals surface area contributed by atoms with E-state index in [9.17, 15) is 4.79 Å². The van der Waals surface area contributed by atoms with Crippen molar-refractivity contribution in [2.24, 2.45) is 7.05 Å². The summed E-state index contributed by atoms with van der Waals surface area (Å²) in [5.74, 6) is 0.222. The standard InChI is InChI=1S/C14H16N2O/c1-15-11-7-4-3-6-10(11)14-12(15)8-5-9-13(17)16(14)2/h3-4,6-7H,5,8-9H2,1-2H3. The van der Waals surface area contributed by atoms with E-state index in [0.29, 0.717) is 6.42 Å². The molecule has 1 amide bonds. The molecular formula is C14H16N2O. The normalized spacial score (nSPS) is 16.1. The van der Waals surface area contributed by atoms with E-state index in [1.807, 2.05) is 24.1 Å². The van der Waals surface area contributed by atoms with Crippen LogP contribution in [-0.2, 0) is 18.3 Å². The molecule has 1 aliphatic rings. The van der Waals surface area contributed by atoms with Gasteiger partial charge in [0.25, 0.3) is 0 Å². The maximum atomic E-state index is 11.9. The van der Waals surface area contributed by atoms with E-state index < -0.39 is 0 Å². The minimum Gasteiger partial charge on any atom is -0.346 e. The number of aryl methyl sites for hydroxylation is 1. The van der Waals surface area contributed by atoms with Crippen molar-refractivity contribution in [3.63, 3.8) is 0 Å². The van der Waals surface area contributed by atoms with Crippen molar-refractivity contribution in [3.05, 3.63) is 30.0 Å². The molecule has 88 valence electrons. The van der Waals surface area contributed by atoms with Gasteiger partial charge in [0.1, 0.15) is 0 Å². The quantitative estimate of drug-likeness (QED) is 0.680. The van der Waals surface area contributed by atoms with Crippen molar-refractivity contribution in [1.29, 1.82) is 0 Å². The fourth-order valence-corrected chi connectivity index (χ4v) is 2.79. The summed E-state index contributed by atoms with van der Waals surface area (Å²) in [5, 5.41) is 1.18. The number of anilines is 1. The number of hydrogen-bond donors (Lipinski definition) is 0. The molecule has 0 N–H and O–H groups in total. The Hall–Kier alpha value is -1.77. The predicted octanol–water partition coefficient (Wildman–Crippen LogP) is 2.48. The molecule has 3 rings (SSSR count). The number of amides is 1. The van der Waals surface area contributed by atoms with E-state index in [-0.39, 0.29) is 5.91 Å². The zero-order valence-corrected chi connectivity index (χ0v) is 10.2. The first-order valence-corrected chi connectivity index (χ1v) is 6.03. The summed E-state index contributed by atoms with van der Waals surface area (Å²) in [5.41, 5.74) is 3.59. The van der Waals surface area contributed by atoms with Gasteiger partial charge in [0.15, 0.2) is 0 Å². The molecule has 0 atom stereocenters. The molecule has 1 aromatic heterocycles. The first kappa shape index (κ1) is 10.4. The van der Waals surface area contributed by atoms with Crippen LogP contribution in [0.25, 0.3) is 10.9 Å². The largest absolute Gasteiger partial charge is 0.346 e. The molecule has 0 aliphatic carbocycles. The highest BCUT2D eigenvalue weighted by atomic mass is 16.2. The molecule has 2 aromatic rings. The molecule has 0 spiro atoms. The van der Waals surface area contributed by atoms with Crippen LogP contribution in [0.2, 0.25) is 0 Å². The minimum absolute atomic E-state index is 0.222. The van der Waals surface area contributed by atoms with Gasteiger partial charge in [0.2, 0.25) is 5.91 Å². The summed E-state index contributed by atoms with van der Waals surface area (Å²) in [7, 11) is 3.98. The molecule has 1 aromatic carbocycles. The van der Waals surface area contributed by atoms with Gasteiger partial charge in [-0.3, -0.25) is 4.79 Å². The maximum absolute atomic E-state index is 11.9. The van der Waals surface area contributed by atoms with Crippen LogP contribution in [0.1, 0.15) is 18.5 Å². The van der Waals surface area contributed by atoms with Crippen LogP contribution in [0.4, 0.5) is 5.69 Å². The zero-order valence-electron chi connectivity index (χ0n) is 10.2. The van der Waals surface area contributed by atoms with Gasteiger partial charge >= 0.3 is 0 Å². The Balaban J connectivity index is 2.36. The highest BCUT2D eigenvalue weighted by molar-refractivity contribution is 6.05. The van der Waals surface area contributed by atoms with Gasteiger partial charge in [-0.1, -0.05) is 18.2 Å². The second-order valence-corrected chi connectivity index (χ2v) is 4.68. The lowest BCUT2D eigenvalue weighted by Gasteiger charge is -2.15. The Morgan fingerprint density at radius 3 is 2.71 bits per heavy atom. The first-order valence-electron chi connectivity index (χ1n) is 6.03. The lowest BCUT2D eigenvalue weighted by Crippen LogP contribution is -2.24. The van der Waals surface area contributed by atoms with Gasteiger partial charge in [0, 0.05) is 31.6 Å². The van der Waals surface area contributed by atoms with E-state index in [4.69, 9.17) is 0 Å². The molecule has 2 heterocycles. The number of para-hydroxylation sites is 1. The van der Waals surface area contributed by atoms with Crippen molar-refractivity contribution < 1.29 is 4.79 Å². The van der Waals surface area contributed by atoms with E-state index in [0.717, 1.165) is 18.5 Å². The molecule has 0 fully saturated rings. The van der Waals surface area contributed by atoms with Crippen LogP contribution in [0.5, 0.6) is 0 Å². The number of nitrogens with zero attached hydrogens (tertiary/aromatic N) is 2. The number of rotatable bonds is 0. The number of aromatic nitrogens is 1. The second kappa shape index (κ2) is 3.62. The number of carbonyl (C=O) groups excluding carboxylic acids is 1. The lowest BCUT2D eigenvalue weighted by molar-refractivity contribution is -0.118. The molecular weight excluding hydrogens is 212 g/mol. The highest BCUT2D eigenvalue weighted by Crippen LogP contribution is 2.35. The molecule has 0 unspecified atom stereocenters. The van der Waals surface area contributed by atoms with Crippen LogP contribution < -0.4 is 4.90 Å². The van der Waals surface area contributed by atoms with Crippen LogP contribution in [0, 0.1) is 0 Å². The minimum atomic E-state index is 0.222. The van der Waals surface area contributed by atoms with Gasteiger partial charge in [-0.2, -0.15) is 0 Å². The molecule has 0 bridgehead atoms. The predicted molar refractivity (Wildman–Crippen MR) is 69.3 cm³/mol. The lowest BCUT2D eigenvalue weighted by atomic mass is 10.2. The van der Waals surface area contributed by atoms with Crippen LogP contribution >= 0.6 is 0 Å². The topological polar surface area (TPSA) is 25.2 Å². The number of carbonyl (C=O) groups is 1. The van der Waals surface area contributed by atoms with Crippen molar-refractivity contribution in [3.8, 4) is 0 Å². The monoisotopic (exact) mass is 228 g/mol. The SMILES string of the molecule is CN1C(=O)CCCc2c1c1ccccc1n2C. The average molecular weight is 228 g/mol. The summed E-state index contributed by atoms with van der Waals surface area (Å²) in [6, 6.07) is 8.29. The summed E-state index contributed by atoms with van der Waals surface area (Å²) >= 11 is 0. The maximum Gasteiger partial charge on any atom is 0.226 e. The number of fused-ring (bicyclic) bond motifs is 3. The van der Waals surface area contributed by atoms with Crippen LogP contribution in [0.3, 0.4) is 0 Å². The highest BCUT2D eigenvalue weighted by Gasteiger charge is 2.24. The average Bonchev–Trinajstić information content (AvgIpc) is 2.53. The van der Waals surface area contributed by atoms with Gasteiger partial charge in [0.05, 0.1) is 11.2 Å². The smallest absolute Gasteiger partial charge is 0.226 e. The van der Waals surface area contributed by atoms with Crippen molar-refractivity contribution in [2.75, 3.05) is 11.9 Å². The number of hydrogen-bond acceptors (Lipinski definition) is 1. The Morgan fingerprint density at radius 2 is 1.88 bits per heavy atom. The molecule has 1 aliphatic heterocycles. The Labute approximate surface area is 101 Å². The molecule has 3 nitrogen and oxygen atoms in total. The molecule has 17 heavy (non-hydrogen) atoms. The van der Waals surface area contributed by atoms with Crippen LogP contribution in [0.15, 0.2) is 24.3 Å². The molecule has 3 heteroatoms. The van der Waals surface area contributed by atoms with E-state index >= 15 is 0 Å². The zero-order chi connectivity index (χ0) is 12.0. The van der Waals surface area contributed by atoms with E-state index in [1.54, 1.807) is 0 Å². The Bertz CT molecular complexity index is 598. The third-order valence-corrected chi connectivity index (χ3v) is 3.71. The molecule has 0 saturated heterocycles. The fourth-order valence-electron chi connectivity index (χ4n) is 2.79. The summed E-state index contributed by atoms with van der Waals surface area (Å²) in [6.45, 7) is 0. The summed E-state index contributed by atoms with van der Waals surface area (Å²) < 4.78 is 2.22. The van der Waals surface area contributed by atoms with Crippen molar-refractivity contribution in [1.82, 2.24) is 4.57 Å².